The highest BCUT2D eigenvalue weighted by atomic mass is 32.1. The van der Waals surface area contributed by atoms with Gasteiger partial charge in [0.15, 0.2) is 0 Å². The molecule has 1 heterocycles. The van der Waals surface area contributed by atoms with Gasteiger partial charge in [-0.3, -0.25) is 4.79 Å². The first kappa shape index (κ1) is 25.7. The van der Waals surface area contributed by atoms with Crippen LogP contribution in [0, 0.1) is 5.82 Å². The Kier molecular flexibility index (Phi) is 6.36. The third kappa shape index (κ3) is 4.81. The van der Waals surface area contributed by atoms with E-state index in [1.165, 1.54) is 24.3 Å². The number of halogens is 7. The lowest BCUT2D eigenvalue weighted by Crippen LogP contribution is -2.29. The number of ether oxygens (including phenoxy) is 1. The minimum atomic E-state index is -4.74. The fourth-order valence-corrected chi connectivity index (χ4v) is 4.74. The average molecular weight is 531 g/mol. The van der Waals surface area contributed by atoms with Crippen LogP contribution in [0.4, 0.5) is 36.4 Å². The van der Waals surface area contributed by atoms with Crippen LogP contribution in [0.5, 0.6) is 0 Å². The lowest BCUT2D eigenvalue weighted by atomic mass is 9.93. The van der Waals surface area contributed by atoms with Crippen molar-refractivity contribution in [2.75, 3.05) is 12.4 Å². The lowest BCUT2D eigenvalue weighted by molar-refractivity contribution is -0.138. The first-order chi connectivity index (χ1) is 16.8. The second kappa shape index (κ2) is 8.91. The van der Waals surface area contributed by atoms with E-state index in [9.17, 15) is 40.3 Å². The van der Waals surface area contributed by atoms with E-state index in [0.29, 0.717) is 23.5 Å². The van der Waals surface area contributed by atoms with Crippen LogP contribution >= 0.6 is 11.3 Å². The molecule has 12 heteroatoms. The minimum absolute atomic E-state index is 0.0790. The molecule has 4 nitrogen and oxygen atoms in total. The molecular formula is C24H16F7NO3S. The average Bonchev–Trinajstić information content (AvgIpc) is 3.45. The van der Waals surface area contributed by atoms with Gasteiger partial charge in [0.1, 0.15) is 10.7 Å². The molecule has 1 aliphatic rings. The highest BCUT2D eigenvalue weighted by molar-refractivity contribution is 7.15. The van der Waals surface area contributed by atoms with Crippen LogP contribution in [0.1, 0.15) is 39.2 Å². The Bertz CT molecular complexity index is 1340. The zero-order chi connectivity index (χ0) is 26.5. The van der Waals surface area contributed by atoms with Crippen LogP contribution in [-0.4, -0.2) is 19.0 Å². The minimum Gasteiger partial charge on any atom is -0.465 e. The normalized spacial score (nSPS) is 14.9. The molecule has 4 rings (SSSR count). The summed E-state index contributed by atoms with van der Waals surface area (Å²) in [6.45, 7) is 0. The molecule has 0 aliphatic heterocycles. The number of methoxy groups -OCH3 is 1. The maximum atomic E-state index is 14.5. The van der Waals surface area contributed by atoms with Crippen molar-refractivity contribution < 1.29 is 45.1 Å². The number of hydrogen-bond donors (Lipinski definition) is 1. The van der Waals surface area contributed by atoms with Crippen molar-refractivity contribution >= 4 is 28.9 Å². The van der Waals surface area contributed by atoms with Crippen molar-refractivity contribution in [3.8, 4) is 10.4 Å². The first-order valence-electron chi connectivity index (χ1n) is 10.3. The van der Waals surface area contributed by atoms with Crippen LogP contribution in [-0.2, 0) is 27.3 Å². The number of thiophene rings is 1. The predicted molar refractivity (Wildman–Crippen MR) is 117 cm³/mol. The highest BCUT2D eigenvalue weighted by Crippen LogP contribution is 2.50. The third-order valence-corrected chi connectivity index (χ3v) is 6.99. The molecule has 1 fully saturated rings. The summed E-state index contributed by atoms with van der Waals surface area (Å²) in [5, 5.41) is 2.53. The lowest BCUT2D eigenvalue weighted by Gasteiger charge is -2.18. The summed E-state index contributed by atoms with van der Waals surface area (Å²) < 4.78 is 96.9. The second-order valence-electron chi connectivity index (χ2n) is 8.14. The number of amides is 1. The predicted octanol–water partition coefficient (Wildman–Crippen LogP) is 7.05. The first-order valence-corrected chi connectivity index (χ1v) is 11.2. The van der Waals surface area contributed by atoms with Crippen molar-refractivity contribution in [3.05, 3.63) is 75.9 Å². The van der Waals surface area contributed by atoms with Gasteiger partial charge in [-0.1, -0.05) is 12.1 Å². The van der Waals surface area contributed by atoms with Crippen LogP contribution < -0.4 is 5.32 Å². The fourth-order valence-electron chi connectivity index (χ4n) is 3.82. The van der Waals surface area contributed by atoms with Gasteiger partial charge in [-0.2, -0.15) is 26.3 Å². The maximum Gasteiger partial charge on any atom is 0.425 e. The number of esters is 1. The molecule has 1 amide bonds. The molecule has 0 spiro atoms. The number of alkyl halides is 6. The van der Waals surface area contributed by atoms with Gasteiger partial charge in [0, 0.05) is 21.7 Å². The number of carbonyl (C=O) groups excluding carboxylic acids is 2. The number of anilines is 1. The van der Waals surface area contributed by atoms with Crippen molar-refractivity contribution in [1.29, 1.82) is 0 Å². The molecule has 3 aromatic rings. The van der Waals surface area contributed by atoms with Crippen LogP contribution in [0.3, 0.4) is 0 Å². The van der Waals surface area contributed by atoms with E-state index in [2.05, 4.69) is 5.32 Å². The Balaban J connectivity index is 1.63. The Morgan fingerprint density at radius 2 is 1.64 bits per heavy atom. The quantitative estimate of drug-likeness (QED) is 0.284. The van der Waals surface area contributed by atoms with Crippen molar-refractivity contribution in [2.24, 2.45) is 0 Å². The maximum absolute atomic E-state index is 14.5. The molecule has 1 aliphatic carbocycles. The molecule has 1 N–H and O–H groups in total. The summed E-state index contributed by atoms with van der Waals surface area (Å²) in [6, 6.07) is 7.97. The molecule has 36 heavy (non-hydrogen) atoms. The molecule has 0 unspecified atom stereocenters. The number of carbonyl (C=O) groups is 2. The molecule has 0 radical (unpaired) electrons. The van der Waals surface area contributed by atoms with Gasteiger partial charge in [-0.15, -0.1) is 11.3 Å². The number of rotatable bonds is 5. The highest BCUT2D eigenvalue weighted by Gasteiger charge is 2.53. The van der Waals surface area contributed by atoms with E-state index in [0.717, 1.165) is 19.2 Å². The Morgan fingerprint density at radius 3 is 2.17 bits per heavy atom. The van der Waals surface area contributed by atoms with E-state index >= 15 is 0 Å². The van der Waals surface area contributed by atoms with Crippen LogP contribution in [0.25, 0.3) is 10.4 Å². The monoisotopic (exact) mass is 531 g/mol. The summed E-state index contributed by atoms with van der Waals surface area (Å²) in [5.74, 6) is -2.72. The third-order valence-electron chi connectivity index (χ3n) is 5.83. The Morgan fingerprint density at radius 1 is 0.944 bits per heavy atom. The van der Waals surface area contributed by atoms with Crippen molar-refractivity contribution in [3.63, 3.8) is 0 Å². The molecule has 0 atom stereocenters. The molecular weight excluding hydrogens is 515 g/mol. The zero-order valence-corrected chi connectivity index (χ0v) is 19.1. The number of nitrogens with one attached hydrogen (secondary N) is 1. The van der Waals surface area contributed by atoms with Crippen molar-refractivity contribution in [1.82, 2.24) is 0 Å². The van der Waals surface area contributed by atoms with E-state index in [4.69, 9.17) is 4.74 Å². The van der Waals surface area contributed by atoms with Gasteiger partial charge in [0.05, 0.1) is 23.7 Å². The molecule has 1 aromatic heterocycles. The molecule has 1 saturated carbocycles. The van der Waals surface area contributed by atoms with Gasteiger partial charge in [0.2, 0.25) is 5.91 Å². The van der Waals surface area contributed by atoms with Gasteiger partial charge in [-0.25, -0.2) is 9.18 Å². The van der Waals surface area contributed by atoms with E-state index < -0.39 is 45.9 Å². The fraction of sp³-hybridized carbons (Fsp3) is 0.250. The van der Waals surface area contributed by atoms with E-state index in [-0.39, 0.29) is 40.1 Å². The van der Waals surface area contributed by atoms with Crippen LogP contribution in [0.2, 0.25) is 0 Å². The molecule has 0 saturated heterocycles. The smallest absolute Gasteiger partial charge is 0.425 e. The molecule has 0 bridgehead atoms. The van der Waals surface area contributed by atoms with E-state index in [1.54, 1.807) is 0 Å². The number of hydrogen-bond acceptors (Lipinski definition) is 4. The van der Waals surface area contributed by atoms with Crippen molar-refractivity contribution in [2.45, 2.75) is 30.6 Å². The largest absolute Gasteiger partial charge is 0.465 e. The van der Waals surface area contributed by atoms with Crippen LogP contribution in [0.15, 0.2) is 48.5 Å². The van der Waals surface area contributed by atoms with Gasteiger partial charge < -0.3 is 10.1 Å². The van der Waals surface area contributed by atoms with Gasteiger partial charge in [-0.05, 0) is 49.2 Å². The summed E-state index contributed by atoms with van der Waals surface area (Å²) in [6.07, 6.45) is -8.92. The molecule has 2 aromatic carbocycles. The Labute approximate surface area is 203 Å². The summed E-state index contributed by atoms with van der Waals surface area (Å²) in [7, 11) is 1.08. The zero-order valence-electron chi connectivity index (χ0n) is 18.3. The second-order valence-corrected chi connectivity index (χ2v) is 9.23. The number of benzene rings is 2. The topological polar surface area (TPSA) is 55.4 Å². The van der Waals surface area contributed by atoms with Gasteiger partial charge >= 0.3 is 18.3 Å². The standard InChI is InChI=1S/C24H16F7NO3S/c1-35-20(33)15-11-13(3-4-14(15)18-6-7-19(36-18)24(29,30)31)32-21(34)22(8-9-22)16-5-2-12(10-17(16)25)23(26,27)28/h2-7,10-11H,8-9H2,1H3,(H,32,34). The SMILES string of the molecule is COC(=O)c1cc(NC(=O)C2(c3ccc(C(F)(F)F)cc3F)CC2)ccc1-c1ccc(C(F)(F)F)s1. The summed E-state index contributed by atoms with van der Waals surface area (Å²) in [4.78, 5) is 24.6. The van der Waals surface area contributed by atoms with E-state index in [1.807, 2.05) is 0 Å². The summed E-state index contributed by atoms with van der Waals surface area (Å²) >= 11 is 0.429. The Hall–Kier alpha value is -3.41. The van der Waals surface area contributed by atoms with Gasteiger partial charge in [0.25, 0.3) is 0 Å². The summed E-state index contributed by atoms with van der Waals surface area (Å²) in [5.41, 5.74) is -2.63. The molecule has 190 valence electrons.